The van der Waals surface area contributed by atoms with E-state index in [0.29, 0.717) is 12.1 Å². The molecule has 4 nitrogen and oxygen atoms in total. The molecule has 0 aliphatic carbocycles. The summed E-state index contributed by atoms with van der Waals surface area (Å²) >= 11 is 5.03. The highest BCUT2D eigenvalue weighted by atomic mass is 79.9. The van der Waals surface area contributed by atoms with Gasteiger partial charge in [-0.3, -0.25) is 9.69 Å². The Kier molecular flexibility index (Phi) is 5.57. The Balaban J connectivity index is 1.71. The molecule has 2 heterocycles. The Morgan fingerprint density at radius 2 is 2.22 bits per heavy atom. The van der Waals surface area contributed by atoms with E-state index in [1.54, 1.807) is 16.2 Å². The highest BCUT2D eigenvalue weighted by molar-refractivity contribution is 9.10. The Morgan fingerprint density at radius 1 is 1.33 bits per heavy atom. The highest BCUT2D eigenvalue weighted by Gasteiger charge is 2.27. The summed E-state index contributed by atoms with van der Waals surface area (Å²) < 4.78 is 7.80. The van der Waals surface area contributed by atoms with Crippen LogP contribution in [0.25, 0.3) is 10.2 Å². The van der Waals surface area contributed by atoms with Gasteiger partial charge < -0.3 is 4.74 Å². The first-order chi connectivity index (χ1) is 13.1. The third-order valence-corrected chi connectivity index (χ3v) is 6.34. The number of rotatable bonds is 5. The molecular formula is C21H21BrN2O2S. The molecule has 0 saturated carbocycles. The van der Waals surface area contributed by atoms with Gasteiger partial charge in [0.25, 0.3) is 5.91 Å². The number of amides is 1. The number of anilines is 1. The third kappa shape index (κ3) is 4.08. The number of ether oxygens (including phenoxy) is 1. The van der Waals surface area contributed by atoms with Crippen molar-refractivity contribution < 1.29 is 9.53 Å². The molecule has 4 rings (SSSR count). The first-order valence-electron chi connectivity index (χ1n) is 9.22. The molecule has 6 heteroatoms. The molecule has 2 aromatic carbocycles. The van der Waals surface area contributed by atoms with Crippen molar-refractivity contribution >= 4 is 48.5 Å². The summed E-state index contributed by atoms with van der Waals surface area (Å²) in [4.78, 5) is 19.8. The molecule has 27 heavy (non-hydrogen) atoms. The second-order valence-electron chi connectivity index (χ2n) is 6.71. The fourth-order valence-corrected chi connectivity index (χ4v) is 4.75. The maximum Gasteiger partial charge on any atom is 0.260 e. The molecule has 1 aromatic heterocycles. The summed E-state index contributed by atoms with van der Waals surface area (Å²) in [5.74, 6) is -0.0402. The molecule has 1 fully saturated rings. The van der Waals surface area contributed by atoms with Gasteiger partial charge in [-0.2, -0.15) is 0 Å². The average molecular weight is 445 g/mol. The molecule has 1 saturated heterocycles. The zero-order valence-electron chi connectivity index (χ0n) is 15.2. The Hall–Kier alpha value is -1.76. The predicted molar refractivity (Wildman–Crippen MR) is 114 cm³/mol. The molecule has 0 radical (unpaired) electrons. The van der Waals surface area contributed by atoms with Crippen molar-refractivity contribution in [2.45, 2.75) is 32.3 Å². The number of hydrogen-bond donors (Lipinski definition) is 0. The van der Waals surface area contributed by atoms with Crippen molar-refractivity contribution in [3.8, 4) is 0 Å². The number of fused-ring (bicyclic) bond motifs is 1. The summed E-state index contributed by atoms with van der Waals surface area (Å²) in [5.41, 5.74) is 2.86. The van der Waals surface area contributed by atoms with Gasteiger partial charge >= 0.3 is 0 Å². The fraction of sp³-hybridized carbons (Fsp3) is 0.333. The molecule has 140 valence electrons. The van der Waals surface area contributed by atoms with E-state index >= 15 is 0 Å². The Morgan fingerprint density at radius 3 is 2.96 bits per heavy atom. The number of carbonyl (C=O) groups excluding carboxylic acids is 1. The zero-order chi connectivity index (χ0) is 18.8. The molecule has 3 aromatic rings. The van der Waals surface area contributed by atoms with Gasteiger partial charge in [-0.05, 0) is 55.2 Å². The van der Waals surface area contributed by atoms with E-state index in [1.165, 1.54) is 5.56 Å². The average Bonchev–Trinajstić information content (AvgIpc) is 3.34. The lowest BCUT2D eigenvalue weighted by atomic mass is 10.1. The number of benzene rings is 2. The SMILES string of the molecule is CCc1ccc2nc(N(CC3CCCO3)C(=O)c3cccc(Br)c3)sc2c1. The Labute approximate surface area is 171 Å². The normalized spacial score (nSPS) is 16.7. The lowest BCUT2D eigenvalue weighted by Crippen LogP contribution is -2.37. The lowest BCUT2D eigenvalue weighted by Gasteiger charge is -2.23. The number of carbonyl (C=O) groups is 1. The van der Waals surface area contributed by atoms with Crippen molar-refractivity contribution in [3.63, 3.8) is 0 Å². The maximum absolute atomic E-state index is 13.3. The number of halogens is 1. The first kappa shape index (κ1) is 18.6. The van der Waals surface area contributed by atoms with Crippen LogP contribution in [0.5, 0.6) is 0 Å². The van der Waals surface area contributed by atoms with Gasteiger partial charge in [-0.25, -0.2) is 4.98 Å². The van der Waals surface area contributed by atoms with E-state index in [2.05, 4.69) is 35.0 Å². The summed E-state index contributed by atoms with van der Waals surface area (Å²) in [6, 6.07) is 13.8. The molecule has 0 spiro atoms. The second-order valence-corrected chi connectivity index (χ2v) is 8.64. The second kappa shape index (κ2) is 8.09. The van der Waals surface area contributed by atoms with E-state index in [9.17, 15) is 4.79 Å². The molecule has 1 aliphatic heterocycles. The van der Waals surface area contributed by atoms with Crippen LogP contribution >= 0.6 is 27.3 Å². The molecule has 1 unspecified atom stereocenters. The van der Waals surface area contributed by atoms with Crippen LogP contribution in [0, 0.1) is 0 Å². The minimum atomic E-state index is -0.0402. The minimum Gasteiger partial charge on any atom is -0.376 e. The van der Waals surface area contributed by atoms with Gasteiger partial charge in [0.05, 0.1) is 22.9 Å². The van der Waals surface area contributed by atoms with Crippen LogP contribution in [0.15, 0.2) is 46.9 Å². The van der Waals surface area contributed by atoms with Gasteiger partial charge in [0, 0.05) is 16.6 Å². The van der Waals surface area contributed by atoms with Crippen molar-refractivity contribution in [3.05, 3.63) is 58.1 Å². The molecule has 0 N–H and O–H groups in total. The summed E-state index contributed by atoms with van der Waals surface area (Å²) in [6.07, 6.45) is 3.08. The van der Waals surface area contributed by atoms with Crippen molar-refractivity contribution in [1.82, 2.24) is 4.98 Å². The number of aryl methyl sites for hydroxylation is 1. The number of nitrogens with zero attached hydrogens (tertiary/aromatic N) is 2. The van der Waals surface area contributed by atoms with Gasteiger partial charge in [0.15, 0.2) is 5.13 Å². The maximum atomic E-state index is 13.3. The predicted octanol–water partition coefficient (Wildman–Crippen LogP) is 5.45. The molecule has 1 atom stereocenters. The van der Waals surface area contributed by atoms with E-state index in [1.807, 2.05) is 30.3 Å². The summed E-state index contributed by atoms with van der Waals surface area (Å²) in [7, 11) is 0. The van der Waals surface area contributed by atoms with Crippen LogP contribution in [0.3, 0.4) is 0 Å². The minimum absolute atomic E-state index is 0.0402. The smallest absolute Gasteiger partial charge is 0.260 e. The quantitative estimate of drug-likeness (QED) is 0.525. The summed E-state index contributed by atoms with van der Waals surface area (Å²) in [5, 5.41) is 0.735. The zero-order valence-corrected chi connectivity index (χ0v) is 17.6. The van der Waals surface area contributed by atoms with Gasteiger partial charge in [-0.15, -0.1) is 0 Å². The topological polar surface area (TPSA) is 42.4 Å². The number of thiazole rings is 1. The van der Waals surface area contributed by atoms with Crippen molar-refractivity contribution in [1.29, 1.82) is 0 Å². The van der Waals surface area contributed by atoms with Gasteiger partial charge in [-0.1, -0.05) is 46.3 Å². The van der Waals surface area contributed by atoms with E-state index < -0.39 is 0 Å². The van der Waals surface area contributed by atoms with Crippen molar-refractivity contribution in [2.75, 3.05) is 18.1 Å². The lowest BCUT2D eigenvalue weighted by molar-refractivity contribution is 0.0917. The standard InChI is InChI=1S/C21H21BrN2O2S/c1-2-14-8-9-18-19(11-14)27-21(23-18)24(13-17-7-4-10-26-17)20(25)15-5-3-6-16(22)12-15/h3,5-6,8-9,11-12,17H,2,4,7,10,13H2,1H3. The molecule has 1 amide bonds. The number of hydrogen-bond acceptors (Lipinski definition) is 4. The third-order valence-electron chi connectivity index (χ3n) is 4.81. The monoisotopic (exact) mass is 444 g/mol. The van der Waals surface area contributed by atoms with E-state index in [0.717, 1.165) is 45.7 Å². The Bertz CT molecular complexity index is 966. The van der Waals surface area contributed by atoms with E-state index in [-0.39, 0.29) is 12.0 Å². The molecule has 0 bridgehead atoms. The largest absolute Gasteiger partial charge is 0.376 e. The van der Waals surface area contributed by atoms with Crippen LogP contribution in [-0.4, -0.2) is 30.1 Å². The fourth-order valence-electron chi connectivity index (χ4n) is 3.31. The molecule has 1 aliphatic rings. The number of aromatic nitrogens is 1. The van der Waals surface area contributed by atoms with Crippen LogP contribution in [0.1, 0.15) is 35.7 Å². The van der Waals surface area contributed by atoms with Crippen LogP contribution in [-0.2, 0) is 11.2 Å². The van der Waals surface area contributed by atoms with E-state index in [4.69, 9.17) is 9.72 Å². The highest BCUT2D eigenvalue weighted by Crippen LogP contribution is 2.32. The molecular weight excluding hydrogens is 424 g/mol. The van der Waals surface area contributed by atoms with Gasteiger partial charge in [0.1, 0.15) is 0 Å². The van der Waals surface area contributed by atoms with Crippen LogP contribution < -0.4 is 4.90 Å². The first-order valence-corrected chi connectivity index (χ1v) is 10.8. The van der Waals surface area contributed by atoms with Crippen molar-refractivity contribution in [2.24, 2.45) is 0 Å². The summed E-state index contributed by atoms with van der Waals surface area (Å²) in [6.45, 7) is 3.44. The van der Waals surface area contributed by atoms with Crippen LogP contribution in [0.2, 0.25) is 0 Å². The van der Waals surface area contributed by atoms with Crippen LogP contribution in [0.4, 0.5) is 5.13 Å². The van der Waals surface area contributed by atoms with Gasteiger partial charge in [0.2, 0.25) is 0 Å².